The molecule has 0 aromatic carbocycles. The lowest BCUT2D eigenvalue weighted by atomic mass is 9.91. The lowest BCUT2D eigenvalue weighted by Crippen LogP contribution is -2.42. The maximum Gasteiger partial charge on any atom is 0.492 e. The highest BCUT2D eigenvalue weighted by molar-refractivity contribution is 6.58. The van der Waals surface area contributed by atoms with Crippen LogP contribution in [0.25, 0.3) is 0 Å². The highest BCUT2D eigenvalue weighted by Gasteiger charge is 2.32. The van der Waals surface area contributed by atoms with Crippen molar-refractivity contribution >= 4 is 6.98 Å². The molecule has 0 saturated carbocycles. The van der Waals surface area contributed by atoms with Crippen molar-refractivity contribution in [2.24, 2.45) is 0 Å². The van der Waals surface area contributed by atoms with E-state index in [9.17, 15) is 12.9 Å². The number of halogens is 3. The lowest BCUT2D eigenvalue weighted by Gasteiger charge is -2.29. The molecule has 0 aliphatic carbocycles. The van der Waals surface area contributed by atoms with E-state index in [0.29, 0.717) is 19.1 Å². The fourth-order valence-electron chi connectivity index (χ4n) is 2.74. The first-order valence-corrected chi connectivity index (χ1v) is 5.72. The third-order valence-corrected chi connectivity index (χ3v) is 3.35. The van der Waals surface area contributed by atoms with Crippen LogP contribution in [-0.4, -0.2) is 55.4 Å². The molecule has 0 aromatic rings. The molecule has 0 N–H and O–H groups in total. The molecule has 1 atom stereocenters. The third kappa shape index (κ3) is 3.11. The molecule has 2 aliphatic rings. The standard InChI is InChI=1S/C9H17BF3N2/c11-10(12,13)8-14-4-2-6-15-5-1-3-9(15)7-14/h9H,1-8H2/q-1. The Hall–Kier alpha value is -0.225. The summed E-state index contributed by atoms with van der Waals surface area (Å²) in [5, 5.41) is 0. The van der Waals surface area contributed by atoms with Gasteiger partial charge in [0.15, 0.2) is 0 Å². The van der Waals surface area contributed by atoms with Crippen molar-refractivity contribution in [3.8, 4) is 0 Å². The molecule has 2 heterocycles. The Labute approximate surface area is 88.5 Å². The quantitative estimate of drug-likeness (QED) is 0.652. The zero-order valence-corrected chi connectivity index (χ0v) is 8.84. The second-order valence-corrected chi connectivity index (χ2v) is 4.66. The third-order valence-electron chi connectivity index (χ3n) is 3.35. The fourth-order valence-corrected chi connectivity index (χ4v) is 2.74. The van der Waals surface area contributed by atoms with E-state index in [2.05, 4.69) is 4.90 Å². The van der Waals surface area contributed by atoms with E-state index in [1.165, 1.54) is 0 Å². The van der Waals surface area contributed by atoms with Gasteiger partial charge in [-0.15, -0.1) is 0 Å². The van der Waals surface area contributed by atoms with Gasteiger partial charge in [0, 0.05) is 12.6 Å². The van der Waals surface area contributed by atoms with Crippen molar-refractivity contribution < 1.29 is 12.9 Å². The normalized spacial score (nSPS) is 30.2. The summed E-state index contributed by atoms with van der Waals surface area (Å²) in [4.78, 5) is 3.94. The van der Waals surface area contributed by atoms with Crippen LogP contribution in [-0.2, 0) is 0 Å². The number of hydrogen-bond donors (Lipinski definition) is 0. The summed E-state index contributed by atoms with van der Waals surface area (Å²) >= 11 is 0. The molecule has 0 radical (unpaired) electrons. The van der Waals surface area contributed by atoms with Crippen molar-refractivity contribution in [2.75, 3.05) is 32.6 Å². The molecule has 2 aliphatic heterocycles. The van der Waals surface area contributed by atoms with Gasteiger partial charge in [-0.1, -0.05) is 0 Å². The predicted octanol–water partition coefficient (Wildman–Crippen LogP) is 1.54. The molecule has 15 heavy (non-hydrogen) atoms. The van der Waals surface area contributed by atoms with Crippen molar-refractivity contribution in [1.29, 1.82) is 0 Å². The van der Waals surface area contributed by atoms with Crippen LogP contribution in [0.15, 0.2) is 0 Å². The minimum atomic E-state index is -4.66. The summed E-state index contributed by atoms with van der Waals surface area (Å²) in [6.45, 7) is -1.38. The van der Waals surface area contributed by atoms with Gasteiger partial charge in [0.05, 0.1) is 0 Å². The van der Waals surface area contributed by atoms with E-state index in [1.807, 2.05) is 0 Å². The van der Waals surface area contributed by atoms with Gasteiger partial charge in [0.25, 0.3) is 0 Å². The first-order valence-electron chi connectivity index (χ1n) is 5.72. The SMILES string of the molecule is F[B-](F)(F)CN1CCCN2CCCC2C1. The second-order valence-electron chi connectivity index (χ2n) is 4.66. The molecule has 0 spiro atoms. The average Bonchev–Trinajstić information content (AvgIpc) is 2.43. The topological polar surface area (TPSA) is 6.48 Å². The molecule has 0 bridgehead atoms. The van der Waals surface area contributed by atoms with Crippen molar-refractivity contribution in [2.45, 2.75) is 25.3 Å². The summed E-state index contributed by atoms with van der Waals surface area (Å²) in [6.07, 6.45) is 2.42. The van der Waals surface area contributed by atoms with Crippen molar-refractivity contribution in [3.63, 3.8) is 0 Å². The predicted molar refractivity (Wildman–Crippen MR) is 54.7 cm³/mol. The minimum absolute atomic E-state index is 0.380. The summed E-state index contributed by atoms with van der Waals surface area (Å²) in [5.41, 5.74) is 0. The van der Waals surface area contributed by atoms with Gasteiger partial charge >= 0.3 is 6.98 Å². The smallest absolute Gasteiger partial charge is 0.448 e. The monoisotopic (exact) mass is 221 g/mol. The molecule has 2 nitrogen and oxygen atoms in total. The highest BCUT2D eigenvalue weighted by Crippen LogP contribution is 2.22. The first kappa shape index (κ1) is 11.3. The van der Waals surface area contributed by atoms with Crippen molar-refractivity contribution in [3.05, 3.63) is 0 Å². The van der Waals surface area contributed by atoms with E-state index < -0.39 is 13.4 Å². The first-order chi connectivity index (χ1) is 7.04. The van der Waals surface area contributed by atoms with Crippen LogP contribution < -0.4 is 0 Å². The molecule has 88 valence electrons. The lowest BCUT2D eigenvalue weighted by molar-refractivity contribution is 0.225. The molecule has 1 unspecified atom stereocenters. The van der Waals surface area contributed by atoms with E-state index in [1.54, 1.807) is 4.90 Å². The summed E-state index contributed by atoms with van der Waals surface area (Å²) in [6, 6.07) is 0.380. The second kappa shape index (κ2) is 4.33. The van der Waals surface area contributed by atoms with Crippen LogP contribution in [0, 0.1) is 0 Å². The van der Waals surface area contributed by atoms with E-state index in [4.69, 9.17) is 0 Å². The Balaban J connectivity index is 1.91. The van der Waals surface area contributed by atoms with Gasteiger partial charge in [0.2, 0.25) is 0 Å². The van der Waals surface area contributed by atoms with Gasteiger partial charge in [-0.2, -0.15) is 0 Å². The fraction of sp³-hybridized carbons (Fsp3) is 1.00. The van der Waals surface area contributed by atoms with Crippen LogP contribution in [0.4, 0.5) is 12.9 Å². The Bertz CT molecular complexity index is 222. The van der Waals surface area contributed by atoms with E-state index in [-0.39, 0.29) is 0 Å². The molecular formula is C9H17BF3N2-. The zero-order valence-electron chi connectivity index (χ0n) is 8.84. The Morgan fingerprint density at radius 2 is 1.80 bits per heavy atom. The number of rotatable bonds is 2. The largest absolute Gasteiger partial charge is 0.492 e. The van der Waals surface area contributed by atoms with Gasteiger partial charge < -0.3 is 17.8 Å². The highest BCUT2D eigenvalue weighted by atomic mass is 19.4. The number of nitrogens with zero attached hydrogens (tertiary/aromatic N) is 2. The average molecular weight is 221 g/mol. The van der Waals surface area contributed by atoms with Crippen molar-refractivity contribution in [1.82, 2.24) is 9.80 Å². The molecular weight excluding hydrogens is 204 g/mol. The zero-order chi connectivity index (χ0) is 10.9. The van der Waals surface area contributed by atoms with Gasteiger partial charge in [-0.05, 0) is 45.3 Å². The maximum atomic E-state index is 12.3. The van der Waals surface area contributed by atoms with E-state index >= 15 is 0 Å². The van der Waals surface area contributed by atoms with Crippen LogP contribution >= 0.6 is 0 Å². The summed E-state index contributed by atoms with van der Waals surface area (Å²) in [5.74, 6) is 0. The number of hydrogen-bond acceptors (Lipinski definition) is 2. The van der Waals surface area contributed by atoms with Gasteiger partial charge in [0.1, 0.15) is 0 Å². The minimum Gasteiger partial charge on any atom is -0.448 e. The van der Waals surface area contributed by atoms with Gasteiger partial charge in [-0.25, -0.2) is 0 Å². The molecule has 2 fully saturated rings. The van der Waals surface area contributed by atoms with Crippen LogP contribution in [0.5, 0.6) is 0 Å². The molecule has 0 aromatic heterocycles. The molecule has 2 rings (SSSR count). The van der Waals surface area contributed by atoms with Gasteiger partial charge in [-0.3, -0.25) is 4.90 Å². The Morgan fingerprint density at radius 1 is 1.07 bits per heavy atom. The van der Waals surface area contributed by atoms with Crippen LogP contribution in [0.3, 0.4) is 0 Å². The van der Waals surface area contributed by atoms with Crippen LogP contribution in [0.2, 0.25) is 0 Å². The number of fused-ring (bicyclic) bond motifs is 1. The molecule has 6 heteroatoms. The van der Waals surface area contributed by atoms with Crippen LogP contribution in [0.1, 0.15) is 19.3 Å². The molecule has 0 amide bonds. The summed E-state index contributed by atoms with van der Waals surface area (Å²) in [7, 11) is 0. The Kier molecular flexibility index (Phi) is 3.26. The molecule has 2 saturated heterocycles. The van der Waals surface area contributed by atoms with E-state index in [0.717, 1.165) is 32.4 Å². The Morgan fingerprint density at radius 3 is 2.53 bits per heavy atom. The maximum absolute atomic E-state index is 12.3. The summed E-state index contributed by atoms with van der Waals surface area (Å²) < 4.78 is 37.0.